The van der Waals surface area contributed by atoms with Crippen molar-refractivity contribution in [2.45, 2.75) is 39.8 Å². The van der Waals surface area contributed by atoms with E-state index in [0.29, 0.717) is 18.5 Å². The lowest BCUT2D eigenvalue weighted by molar-refractivity contribution is 0.423. The highest BCUT2D eigenvalue weighted by molar-refractivity contribution is 5.27. The first-order valence-corrected chi connectivity index (χ1v) is 6.91. The van der Waals surface area contributed by atoms with Crippen molar-refractivity contribution in [1.29, 1.82) is 0 Å². The maximum Gasteiger partial charge on any atom is 0.315 e. The van der Waals surface area contributed by atoms with Gasteiger partial charge in [0.15, 0.2) is 0 Å². The number of anilines is 1. The Kier molecular flexibility index (Phi) is 5.06. The summed E-state index contributed by atoms with van der Waals surface area (Å²) in [6.45, 7) is 7.74. The molecule has 0 saturated heterocycles. The van der Waals surface area contributed by atoms with Crippen LogP contribution in [0.25, 0.3) is 0 Å². The van der Waals surface area contributed by atoms with E-state index in [9.17, 15) is 0 Å². The molecule has 2 aromatic heterocycles. The molecule has 6 nitrogen and oxygen atoms in total. The van der Waals surface area contributed by atoms with Gasteiger partial charge in [-0.1, -0.05) is 12.0 Å². The van der Waals surface area contributed by atoms with Gasteiger partial charge in [0.2, 0.25) is 5.89 Å². The number of hydrogen-bond acceptors (Lipinski definition) is 6. The number of rotatable bonds is 7. The van der Waals surface area contributed by atoms with Gasteiger partial charge in [0.05, 0.1) is 6.04 Å². The number of aryl methyl sites for hydroxylation is 1. The van der Waals surface area contributed by atoms with E-state index in [2.05, 4.69) is 32.7 Å². The van der Waals surface area contributed by atoms with Crippen LogP contribution in [-0.4, -0.2) is 21.7 Å². The molecule has 1 unspecified atom stereocenters. The minimum Gasteiger partial charge on any atom is -0.406 e. The van der Waals surface area contributed by atoms with Crippen molar-refractivity contribution in [2.75, 3.05) is 11.9 Å². The summed E-state index contributed by atoms with van der Waals surface area (Å²) >= 11 is 0. The van der Waals surface area contributed by atoms with Gasteiger partial charge in [0, 0.05) is 18.9 Å². The van der Waals surface area contributed by atoms with Crippen LogP contribution in [0.4, 0.5) is 6.01 Å². The summed E-state index contributed by atoms with van der Waals surface area (Å²) in [6.07, 6.45) is 4.69. The molecule has 0 aromatic carbocycles. The van der Waals surface area contributed by atoms with Gasteiger partial charge in [-0.05, 0) is 44.0 Å². The van der Waals surface area contributed by atoms with Crippen LogP contribution in [0.2, 0.25) is 0 Å². The second kappa shape index (κ2) is 7.00. The lowest BCUT2D eigenvalue weighted by atomic mass is 10.2. The summed E-state index contributed by atoms with van der Waals surface area (Å²) in [7, 11) is 0. The molecule has 1 atom stereocenters. The summed E-state index contributed by atoms with van der Waals surface area (Å²) in [5.74, 6) is 0.604. The van der Waals surface area contributed by atoms with Gasteiger partial charge in [0.1, 0.15) is 0 Å². The summed E-state index contributed by atoms with van der Waals surface area (Å²) in [5.41, 5.74) is 2.30. The van der Waals surface area contributed by atoms with Crippen molar-refractivity contribution < 1.29 is 4.42 Å². The molecule has 0 aliphatic rings. The highest BCUT2D eigenvalue weighted by Crippen LogP contribution is 2.15. The zero-order chi connectivity index (χ0) is 14.4. The van der Waals surface area contributed by atoms with Gasteiger partial charge in [-0.15, -0.1) is 5.10 Å². The molecule has 6 heteroatoms. The fourth-order valence-corrected chi connectivity index (χ4v) is 1.80. The quantitative estimate of drug-likeness (QED) is 0.808. The van der Waals surface area contributed by atoms with Crippen LogP contribution in [0.3, 0.4) is 0 Å². The van der Waals surface area contributed by atoms with Crippen LogP contribution in [0.5, 0.6) is 0 Å². The molecule has 2 rings (SSSR count). The van der Waals surface area contributed by atoms with E-state index in [0.717, 1.165) is 24.1 Å². The Labute approximate surface area is 119 Å². The van der Waals surface area contributed by atoms with Crippen LogP contribution in [0.1, 0.15) is 43.3 Å². The van der Waals surface area contributed by atoms with Gasteiger partial charge >= 0.3 is 6.01 Å². The monoisotopic (exact) mass is 275 g/mol. The van der Waals surface area contributed by atoms with E-state index in [1.165, 1.54) is 0 Å². The van der Waals surface area contributed by atoms with E-state index >= 15 is 0 Å². The molecule has 20 heavy (non-hydrogen) atoms. The molecule has 0 radical (unpaired) electrons. The van der Waals surface area contributed by atoms with Gasteiger partial charge < -0.3 is 15.1 Å². The Morgan fingerprint density at radius 3 is 2.95 bits per heavy atom. The second-order valence-corrected chi connectivity index (χ2v) is 4.78. The molecular formula is C14H21N5O. The fraction of sp³-hybridized carbons (Fsp3) is 0.500. The molecule has 0 bridgehead atoms. The Morgan fingerprint density at radius 1 is 1.35 bits per heavy atom. The number of nitrogens with one attached hydrogen (secondary N) is 2. The van der Waals surface area contributed by atoms with Crippen LogP contribution in [0, 0.1) is 6.92 Å². The van der Waals surface area contributed by atoms with Crippen molar-refractivity contribution in [1.82, 2.24) is 20.5 Å². The zero-order valence-electron chi connectivity index (χ0n) is 12.2. The average molecular weight is 275 g/mol. The van der Waals surface area contributed by atoms with Crippen molar-refractivity contribution >= 4 is 6.01 Å². The Bertz CT molecular complexity index is 540. The average Bonchev–Trinajstić information content (AvgIpc) is 2.93. The highest BCUT2D eigenvalue weighted by atomic mass is 16.4. The molecular weight excluding hydrogens is 254 g/mol. The van der Waals surface area contributed by atoms with Crippen molar-refractivity contribution in [3.8, 4) is 0 Å². The smallest absolute Gasteiger partial charge is 0.315 e. The SMILES string of the molecule is CCCNC(C)c1nnc(NCc2ccncc2C)o1. The summed E-state index contributed by atoms with van der Waals surface area (Å²) < 4.78 is 5.59. The largest absolute Gasteiger partial charge is 0.406 e. The standard InChI is InChI=1S/C14H21N5O/c1-4-6-16-11(3)13-18-19-14(20-13)17-9-12-5-7-15-8-10(12)2/h5,7-8,11,16H,4,6,9H2,1-3H3,(H,17,19). The maximum absolute atomic E-state index is 5.59. The molecule has 108 valence electrons. The Hall–Kier alpha value is -1.95. The van der Waals surface area contributed by atoms with Gasteiger partial charge in [-0.25, -0.2) is 0 Å². The van der Waals surface area contributed by atoms with Crippen LogP contribution >= 0.6 is 0 Å². The Balaban J connectivity index is 1.91. The van der Waals surface area contributed by atoms with E-state index < -0.39 is 0 Å². The lowest BCUT2D eigenvalue weighted by Gasteiger charge is -2.07. The minimum atomic E-state index is 0.0701. The van der Waals surface area contributed by atoms with Gasteiger partial charge in [-0.3, -0.25) is 4.98 Å². The van der Waals surface area contributed by atoms with Crippen molar-refractivity contribution in [2.24, 2.45) is 0 Å². The van der Waals surface area contributed by atoms with Crippen LogP contribution in [-0.2, 0) is 6.54 Å². The molecule has 2 N–H and O–H groups in total. The third kappa shape index (κ3) is 3.77. The summed E-state index contributed by atoms with van der Waals surface area (Å²) in [6, 6.07) is 2.49. The van der Waals surface area contributed by atoms with Crippen LogP contribution < -0.4 is 10.6 Å². The zero-order valence-corrected chi connectivity index (χ0v) is 12.2. The third-order valence-electron chi connectivity index (χ3n) is 3.08. The molecule has 0 amide bonds. The number of aromatic nitrogens is 3. The predicted octanol–water partition coefficient (Wildman–Crippen LogP) is 2.45. The minimum absolute atomic E-state index is 0.0701. The molecule has 0 saturated carbocycles. The van der Waals surface area contributed by atoms with Gasteiger partial charge in [0.25, 0.3) is 0 Å². The summed E-state index contributed by atoms with van der Waals surface area (Å²) in [4.78, 5) is 4.07. The predicted molar refractivity (Wildman–Crippen MR) is 77.3 cm³/mol. The van der Waals surface area contributed by atoms with E-state index in [-0.39, 0.29) is 6.04 Å². The first-order valence-electron chi connectivity index (χ1n) is 6.91. The van der Waals surface area contributed by atoms with E-state index in [1.807, 2.05) is 26.1 Å². The molecule has 0 fully saturated rings. The topological polar surface area (TPSA) is 75.9 Å². The number of pyridine rings is 1. The first kappa shape index (κ1) is 14.5. The second-order valence-electron chi connectivity index (χ2n) is 4.78. The molecule has 2 aromatic rings. The number of nitrogens with zero attached hydrogens (tertiary/aromatic N) is 3. The maximum atomic E-state index is 5.59. The van der Waals surface area contributed by atoms with Crippen LogP contribution in [0.15, 0.2) is 22.9 Å². The van der Waals surface area contributed by atoms with E-state index in [1.54, 1.807) is 6.20 Å². The first-order chi connectivity index (χ1) is 9.70. The molecule has 0 aliphatic carbocycles. The third-order valence-corrected chi connectivity index (χ3v) is 3.08. The highest BCUT2D eigenvalue weighted by Gasteiger charge is 2.12. The van der Waals surface area contributed by atoms with Crippen molar-refractivity contribution in [3.05, 3.63) is 35.5 Å². The fourth-order valence-electron chi connectivity index (χ4n) is 1.80. The molecule has 0 aliphatic heterocycles. The normalized spacial score (nSPS) is 12.3. The van der Waals surface area contributed by atoms with Crippen molar-refractivity contribution in [3.63, 3.8) is 0 Å². The lowest BCUT2D eigenvalue weighted by Crippen LogP contribution is -2.19. The molecule has 0 spiro atoms. The van der Waals surface area contributed by atoms with Gasteiger partial charge in [-0.2, -0.15) is 0 Å². The van der Waals surface area contributed by atoms with E-state index in [4.69, 9.17) is 4.42 Å². The number of hydrogen-bond donors (Lipinski definition) is 2. The Morgan fingerprint density at radius 2 is 2.20 bits per heavy atom. The molecule has 2 heterocycles. The summed E-state index contributed by atoms with van der Waals surface area (Å²) in [5, 5.41) is 14.5.